The first kappa shape index (κ1) is 15.8. The Morgan fingerprint density at radius 3 is 2.84 bits per heavy atom. The predicted octanol–water partition coefficient (Wildman–Crippen LogP) is 2.95. The molecule has 1 rings (SSSR count). The van der Waals surface area contributed by atoms with Crippen molar-refractivity contribution >= 4 is 17.6 Å². The van der Waals surface area contributed by atoms with Crippen LogP contribution in [0.5, 0.6) is 0 Å². The SMILES string of the molecule is CCCCN=C(NN)N(C)C(C)c1cccc(Cl)c1. The summed E-state index contributed by atoms with van der Waals surface area (Å²) in [5, 5.41) is 0.739. The topological polar surface area (TPSA) is 53.6 Å². The van der Waals surface area contributed by atoms with Crippen molar-refractivity contribution in [3.05, 3.63) is 34.9 Å². The van der Waals surface area contributed by atoms with Crippen LogP contribution in [0.2, 0.25) is 5.02 Å². The van der Waals surface area contributed by atoms with Crippen molar-refractivity contribution in [1.82, 2.24) is 10.3 Å². The van der Waals surface area contributed by atoms with Crippen LogP contribution in [0.25, 0.3) is 0 Å². The van der Waals surface area contributed by atoms with Gasteiger partial charge in [0.15, 0.2) is 0 Å². The van der Waals surface area contributed by atoms with Crippen LogP contribution in [0.3, 0.4) is 0 Å². The highest BCUT2D eigenvalue weighted by Crippen LogP contribution is 2.21. The summed E-state index contributed by atoms with van der Waals surface area (Å²) in [6, 6.07) is 7.98. The van der Waals surface area contributed by atoms with Gasteiger partial charge in [-0.1, -0.05) is 37.1 Å². The smallest absolute Gasteiger partial charge is 0.208 e. The number of hydrogen-bond donors (Lipinski definition) is 2. The molecule has 3 N–H and O–H groups in total. The largest absolute Gasteiger partial charge is 0.338 e. The fourth-order valence-corrected chi connectivity index (χ4v) is 1.97. The number of nitrogens with zero attached hydrogens (tertiary/aromatic N) is 2. The molecule has 0 aliphatic rings. The van der Waals surface area contributed by atoms with Crippen molar-refractivity contribution in [2.45, 2.75) is 32.7 Å². The molecule has 0 aromatic heterocycles. The predicted molar refractivity (Wildman–Crippen MR) is 82.2 cm³/mol. The Labute approximate surface area is 120 Å². The molecular weight excluding hydrogens is 260 g/mol. The molecule has 1 aromatic carbocycles. The van der Waals surface area contributed by atoms with Gasteiger partial charge < -0.3 is 4.90 Å². The normalized spacial score (nSPS) is 13.2. The molecule has 0 amide bonds. The average Bonchev–Trinajstić information content (AvgIpc) is 2.42. The van der Waals surface area contributed by atoms with Gasteiger partial charge in [0.05, 0.1) is 6.04 Å². The maximum Gasteiger partial charge on any atom is 0.208 e. The van der Waals surface area contributed by atoms with Crippen LogP contribution in [0.15, 0.2) is 29.3 Å². The molecule has 0 radical (unpaired) electrons. The lowest BCUT2D eigenvalue weighted by Gasteiger charge is -2.28. The number of unbranched alkanes of at least 4 members (excludes halogenated alkanes) is 1. The van der Waals surface area contributed by atoms with Gasteiger partial charge in [-0.05, 0) is 31.0 Å². The standard InChI is InChI=1S/C14H23ClN4/c1-4-5-9-17-14(18-16)19(3)11(2)12-7-6-8-13(15)10-12/h6-8,10-11H,4-5,9,16H2,1-3H3,(H,17,18). The summed E-state index contributed by atoms with van der Waals surface area (Å²) in [6.07, 6.45) is 2.18. The third kappa shape index (κ3) is 4.73. The van der Waals surface area contributed by atoms with E-state index in [0.717, 1.165) is 30.0 Å². The van der Waals surface area contributed by atoms with Gasteiger partial charge in [-0.15, -0.1) is 0 Å². The van der Waals surface area contributed by atoms with Crippen molar-refractivity contribution < 1.29 is 0 Å². The van der Waals surface area contributed by atoms with Crippen LogP contribution >= 0.6 is 11.6 Å². The summed E-state index contributed by atoms with van der Waals surface area (Å²) in [5.74, 6) is 6.25. The molecule has 0 saturated heterocycles. The quantitative estimate of drug-likeness (QED) is 0.287. The minimum absolute atomic E-state index is 0.148. The highest BCUT2D eigenvalue weighted by molar-refractivity contribution is 6.30. The van der Waals surface area contributed by atoms with E-state index in [1.807, 2.05) is 36.2 Å². The van der Waals surface area contributed by atoms with Crippen LogP contribution in [-0.2, 0) is 0 Å². The molecule has 19 heavy (non-hydrogen) atoms. The van der Waals surface area contributed by atoms with Crippen LogP contribution in [0.4, 0.5) is 0 Å². The molecule has 1 aromatic rings. The second-order valence-electron chi connectivity index (χ2n) is 4.55. The summed E-state index contributed by atoms with van der Waals surface area (Å²) >= 11 is 6.02. The van der Waals surface area contributed by atoms with E-state index in [0.29, 0.717) is 5.96 Å². The molecule has 0 fully saturated rings. The number of rotatable bonds is 5. The Balaban J connectivity index is 2.79. The molecule has 0 spiro atoms. The molecule has 0 aliphatic carbocycles. The van der Waals surface area contributed by atoms with Crippen LogP contribution in [-0.4, -0.2) is 24.5 Å². The Bertz CT molecular complexity index is 420. The summed E-state index contributed by atoms with van der Waals surface area (Å²) in [4.78, 5) is 6.49. The molecule has 4 nitrogen and oxygen atoms in total. The lowest BCUT2D eigenvalue weighted by molar-refractivity contribution is 0.386. The highest BCUT2D eigenvalue weighted by Gasteiger charge is 2.15. The lowest BCUT2D eigenvalue weighted by Crippen LogP contribution is -2.44. The number of benzene rings is 1. The second kappa shape index (κ2) is 8.02. The van der Waals surface area contributed by atoms with Gasteiger partial charge in [0.1, 0.15) is 0 Å². The Kier molecular flexibility index (Phi) is 6.67. The number of hydrazine groups is 1. The zero-order valence-corrected chi connectivity index (χ0v) is 12.6. The van der Waals surface area contributed by atoms with Gasteiger partial charge in [0.2, 0.25) is 5.96 Å². The number of nitrogens with two attached hydrogens (primary N) is 1. The Morgan fingerprint density at radius 1 is 1.53 bits per heavy atom. The fraction of sp³-hybridized carbons (Fsp3) is 0.500. The number of aliphatic imine (C=N–C) groups is 1. The Hall–Kier alpha value is -1.26. The molecule has 0 heterocycles. The molecule has 5 heteroatoms. The van der Waals surface area contributed by atoms with Crippen molar-refractivity contribution in [3.63, 3.8) is 0 Å². The van der Waals surface area contributed by atoms with E-state index in [1.54, 1.807) is 0 Å². The van der Waals surface area contributed by atoms with Gasteiger partial charge in [-0.25, -0.2) is 5.84 Å². The first-order valence-corrected chi connectivity index (χ1v) is 6.97. The third-order valence-corrected chi connectivity index (χ3v) is 3.38. The Morgan fingerprint density at radius 2 is 2.26 bits per heavy atom. The maximum atomic E-state index is 6.02. The molecular formula is C14H23ClN4. The molecule has 0 bridgehead atoms. The van der Waals surface area contributed by atoms with Crippen molar-refractivity contribution in [2.75, 3.05) is 13.6 Å². The second-order valence-corrected chi connectivity index (χ2v) is 4.98. The summed E-state index contributed by atoms with van der Waals surface area (Å²) < 4.78 is 0. The van der Waals surface area contributed by atoms with Crippen molar-refractivity contribution in [2.24, 2.45) is 10.8 Å². The highest BCUT2D eigenvalue weighted by atomic mass is 35.5. The fourth-order valence-electron chi connectivity index (χ4n) is 1.78. The van der Waals surface area contributed by atoms with Gasteiger partial charge in [0, 0.05) is 18.6 Å². The third-order valence-electron chi connectivity index (χ3n) is 3.15. The summed E-state index contributed by atoms with van der Waals surface area (Å²) in [7, 11) is 1.97. The van der Waals surface area contributed by atoms with Gasteiger partial charge in [-0.2, -0.15) is 0 Å². The van der Waals surface area contributed by atoms with E-state index in [1.165, 1.54) is 0 Å². The first-order chi connectivity index (χ1) is 9.10. The van der Waals surface area contributed by atoms with Gasteiger partial charge >= 0.3 is 0 Å². The molecule has 1 atom stereocenters. The monoisotopic (exact) mass is 282 g/mol. The minimum atomic E-state index is 0.148. The molecule has 0 saturated carbocycles. The van der Waals surface area contributed by atoms with Crippen LogP contribution < -0.4 is 11.3 Å². The number of hydrogen-bond acceptors (Lipinski definition) is 2. The van der Waals surface area contributed by atoms with E-state index in [9.17, 15) is 0 Å². The maximum absolute atomic E-state index is 6.02. The van der Waals surface area contributed by atoms with Crippen LogP contribution in [0.1, 0.15) is 38.3 Å². The van der Waals surface area contributed by atoms with Gasteiger partial charge in [-0.3, -0.25) is 10.4 Å². The lowest BCUT2D eigenvalue weighted by atomic mass is 10.1. The zero-order chi connectivity index (χ0) is 14.3. The van der Waals surface area contributed by atoms with E-state index in [2.05, 4.69) is 24.3 Å². The summed E-state index contributed by atoms with van der Waals surface area (Å²) in [6.45, 7) is 5.02. The van der Waals surface area contributed by atoms with E-state index >= 15 is 0 Å². The molecule has 0 aliphatic heterocycles. The number of nitrogens with one attached hydrogen (secondary N) is 1. The average molecular weight is 283 g/mol. The number of guanidine groups is 1. The summed E-state index contributed by atoms with van der Waals surface area (Å²) in [5.41, 5.74) is 3.80. The number of halogens is 1. The van der Waals surface area contributed by atoms with Crippen molar-refractivity contribution in [3.8, 4) is 0 Å². The first-order valence-electron chi connectivity index (χ1n) is 6.59. The molecule has 1 unspecified atom stereocenters. The molecule has 106 valence electrons. The zero-order valence-electron chi connectivity index (χ0n) is 11.9. The van der Waals surface area contributed by atoms with Crippen LogP contribution in [0, 0.1) is 0 Å². The minimum Gasteiger partial charge on any atom is -0.338 e. The van der Waals surface area contributed by atoms with E-state index in [-0.39, 0.29) is 6.04 Å². The van der Waals surface area contributed by atoms with E-state index < -0.39 is 0 Å². The van der Waals surface area contributed by atoms with Crippen molar-refractivity contribution in [1.29, 1.82) is 0 Å². The van der Waals surface area contributed by atoms with Gasteiger partial charge in [0.25, 0.3) is 0 Å². The van der Waals surface area contributed by atoms with E-state index in [4.69, 9.17) is 17.4 Å².